The van der Waals surface area contributed by atoms with E-state index >= 15 is 0 Å². The molecule has 0 aliphatic rings. The number of rotatable bonds is 3. The minimum Gasteiger partial charge on any atom is -0.508 e. The molecule has 1 atom stereocenters. The van der Waals surface area contributed by atoms with Crippen molar-refractivity contribution in [1.82, 2.24) is 4.98 Å². The average molecular weight is 270 g/mol. The summed E-state index contributed by atoms with van der Waals surface area (Å²) in [4.78, 5) is 4.55. The van der Waals surface area contributed by atoms with Crippen molar-refractivity contribution < 1.29 is 5.11 Å². The first-order valence-electron chi connectivity index (χ1n) is 6.89. The Balaban J connectivity index is 2.28. The summed E-state index contributed by atoms with van der Waals surface area (Å²) in [6, 6.07) is 7.86. The summed E-state index contributed by atoms with van der Waals surface area (Å²) in [6.45, 7) is 10.2. The van der Waals surface area contributed by atoms with Crippen molar-refractivity contribution in [1.29, 1.82) is 0 Å². The highest BCUT2D eigenvalue weighted by Gasteiger charge is 2.13. The Hall–Kier alpha value is -2.03. The fraction of sp³-hybridized carbons (Fsp3) is 0.353. The van der Waals surface area contributed by atoms with Gasteiger partial charge in [-0.05, 0) is 75.6 Å². The summed E-state index contributed by atoms with van der Waals surface area (Å²) < 4.78 is 0. The number of phenols is 1. The van der Waals surface area contributed by atoms with E-state index in [1.807, 2.05) is 26.0 Å². The van der Waals surface area contributed by atoms with Crippen LogP contribution in [0.5, 0.6) is 5.75 Å². The number of benzene rings is 1. The lowest BCUT2D eigenvalue weighted by atomic mass is 10.00. The molecule has 1 aromatic heterocycles. The zero-order chi connectivity index (χ0) is 14.9. The molecule has 0 radical (unpaired) electrons. The van der Waals surface area contributed by atoms with E-state index in [1.54, 1.807) is 6.07 Å². The third-order valence-corrected chi connectivity index (χ3v) is 3.60. The number of aromatic hydroxyl groups is 1. The third kappa shape index (κ3) is 2.93. The predicted octanol–water partition coefficient (Wildman–Crippen LogP) is 4.19. The van der Waals surface area contributed by atoms with Crippen LogP contribution in [0, 0.1) is 27.7 Å². The molecule has 0 fully saturated rings. The average Bonchev–Trinajstić information content (AvgIpc) is 2.32. The molecule has 0 aliphatic heterocycles. The van der Waals surface area contributed by atoms with Crippen molar-refractivity contribution in [2.45, 2.75) is 40.7 Å². The topological polar surface area (TPSA) is 45.1 Å². The number of hydrogen-bond donors (Lipinski definition) is 2. The molecule has 1 unspecified atom stereocenters. The predicted molar refractivity (Wildman–Crippen MR) is 83.3 cm³/mol. The molecule has 2 rings (SSSR count). The highest BCUT2D eigenvalue weighted by atomic mass is 16.3. The SMILES string of the molecule is Cc1cc(C)c(C(C)Nc2ccc(O)c(C)c2)c(C)n1. The van der Waals surface area contributed by atoms with Gasteiger partial charge in [-0.25, -0.2) is 0 Å². The van der Waals surface area contributed by atoms with Crippen LogP contribution < -0.4 is 5.32 Å². The van der Waals surface area contributed by atoms with Gasteiger partial charge in [-0.1, -0.05) is 0 Å². The van der Waals surface area contributed by atoms with Gasteiger partial charge in [0, 0.05) is 17.1 Å². The maximum atomic E-state index is 9.58. The second kappa shape index (κ2) is 5.53. The summed E-state index contributed by atoms with van der Waals surface area (Å²) >= 11 is 0. The van der Waals surface area contributed by atoms with Gasteiger partial charge < -0.3 is 10.4 Å². The molecule has 1 heterocycles. The Morgan fingerprint density at radius 1 is 1.05 bits per heavy atom. The number of pyridine rings is 1. The Kier molecular flexibility index (Phi) is 3.98. The molecule has 1 aromatic carbocycles. The Morgan fingerprint density at radius 2 is 1.75 bits per heavy atom. The van der Waals surface area contributed by atoms with Crippen molar-refractivity contribution in [2.24, 2.45) is 0 Å². The van der Waals surface area contributed by atoms with Crippen LogP contribution in [0.3, 0.4) is 0 Å². The van der Waals surface area contributed by atoms with Gasteiger partial charge in [0.25, 0.3) is 0 Å². The zero-order valence-corrected chi connectivity index (χ0v) is 12.8. The summed E-state index contributed by atoms with van der Waals surface area (Å²) in [5.41, 5.74) is 6.49. The normalized spacial score (nSPS) is 12.2. The number of aryl methyl sites for hydroxylation is 4. The second-order valence-electron chi connectivity index (χ2n) is 5.45. The van der Waals surface area contributed by atoms with E-state index < -0.39 is 0 Å². The van der Waals surface area contributed by atoms with Gasteiger partial charge in [0.15, 0.2) is 0 Å². The summed E-state index contributed by atoms with van der Waals surface area (Å²) in [5, 5.41) is 13.1. The van der Waals surface area contributed by atoms with Crippen molar-refractivity contribution in [3.8, 4) is 5.75 Å². The van der Waals surface area contributed by atoms with Crippen LogP contribution in [0.4, 0.5) is 5.69 Å². The number of hydrogen-bond acceptors (Lipinski definition) is 3. The van der Waals surface area contributed by atoms with Gasteiger partial charge in [0.1, 0.15) is 5.75 Å². The Bertz CT molecular complexity index is 612. The molecular formula is C17H22N2O. The summed E-state index contributed by atoms with van der Waals surface area (Å²) in [5.74, 6) is 0.326. The molecule has 0 saturated heterocycles. The largest absolute Gasteiger partial charge is 0.508 e. The van der Waals surface area contributed by atoms with Gasteiger partial charge in [-0.15, -0.1) is 0 Å². The van der Waals surface area contributed by atoms with E-state index in [1.165, 1.54) is 11.1 Å². The first kappa shape index (κ1) is 14.4. The Labute approximate surface area is 120 Å². The fourth-order valence-corrected chi connectivity index (χ4v) is 2.76. The van der Waals surface area contributed by atoms with Crippen LogP contribution in [0.2, 0.25) is 0 Å². The molecule has 0 spiro atoms. The highest BCUT2D eigenvalue weighted by Crippen LogP contribution is 2.27. The smallest absolute Gasteiger partial charge is 0.118 e. The molecule has 20 heavy (non-hydrogen) atoms. The summed E-state index contributed by atoms with van der Waals surface area (Å²) in [7, 11) is 0. The number of nitrogens with zero attached hydrogens (tertiary/aromatic N) is 1. The fourth-order valence-electron chi connectivity index (χ4n) is 2.76. The molecule has 0 amide bonds. The maximum absolute atomic E-state index is 9.58. The van der Waals surface area contributed by atoms with Crippen LogP contribution >= 0.6 is 0 Å². The maximum Gasteiger partial charge on any atom is 0.118 e. The van der Waals surface area contributed by atoms with Gasteiger partial charge in [0.05, 0.1) is 6.04 Å². The Morgan fingerprint density at radius 3 is 2.35 bits per heavy atom. The molecular weight excluding hydrogens is 248 g/mol. The molecule has 106 valence electrons. The number of phenolic OH excluding ortho intramolecular Hbond substituents is 1. The summed E-state index contributed by atoms with van der Waals surface area (Å²) in [6.07, 6.45) is 0. The highest BCUT2D eigenvalue weighted by molar-refractivity contribution is 5.52. The van der Waals surface area contributed by atoms with Gasteiger partial charge >= 0.3 is 0 Å². The van der Waals surface area contributed by atoms with Crippen molar-refractivity contribution in [3.63, 3.8) is 0 Å². The van der Waals surface area contributed by atoms with E-state index in [2.05, 4.69) is 37.1 Å². The van der Waals surface area contributed by atoms with E-state index in [0.717, 1.165) is 22.6 Å². The molecule has 3 nitrogen and oxygen atoms in total. The van der Waals surface area contributed by atoms with E-state index in [4.69, 9.17) is 0 Å². The standard InChI is InChI=1S/C17H22N2O/c1-10-9-15(6-7-16(10)20)19-14(5)17-11(2)8-12(3)18-13(17)4/h6-9,14,19-20H,1-5H3. The first-order valence-corrected chi connectivity index (χ1v) is 6.89. The van der Waals surface area contributed by atoms with Crippen molar-refractivity contribution >= 4 is 5.69 Å². The minimum atomic E-state index is 0.173. The quantitative estimate of drug-likeness (QED) is 0.822. The lowest BCUT2D eigenvalue weighted by molar-refractivity contribution is 0.471. The monoisotopic (exact) mass is 270 g/mol. The molecule has 2 aromatic rings. The molecule has 0 saturated carbocycles. The number of aromatic nitrogens is 1. The zero-order valence-electron chi connectivity index (χ0n) is 12.8. The first-order chi connectivity index (χ1) is 9.38. The van der Waals surface area contributed by atoms with Gasteiger partial charge in [-0.2, -0.15) is 0 Å². The lowest BCUT2D eigenvalue weighted by Gasteiger charge is -2.20. The van der Waals surface area contributed by atoms with E-state index in [9.17, 15) is 5.11 Å². The van der Waals surface area contributed by atoms with Crippen LogP contribution in [0.15, 0.2) is 24.3 Å². The second-order valence-corrected chi connectivity index (χ2v) is 5.45. The van der Waals surface area contributed by atoms with Gasteiger partial charge in [-0.3, -0.25) is 4.98 Å². The van der Waals surface area contributed by atoms with E-state index in [-0.39, 0.29) is 6.04 Å². The number of nitrogens with one attached hydrogen (secondary N) is 1. The van der Waals surface area contributed by atoms with Crippen LogP contribution in [-0.4, -0.2) is 10.1 Å². The van der Waals surface area contributed by atoms with E-state index in [0.29, 0.717) is 5.75 Å². The molecule has 0 aliphatic carbocycles. The van der Waals surface area contributed by atoms with Crippen LogP contribution in [0.25, 0.3) is 0 Å². The minimum absolute atomic E-state index is 0.173. The molecule has 0 bridgehead atoms. The van der Waals surface area contributed by atoms with Gasteiger partial charge in [0.2, 0.25) is 0 Å². The van der Waals surface area contributed by atoms with Crippen molar-refractivity contribution in [3.05, 3.63) is 52.3 Å². The number of anilines is 1. The molecule has 2 N–H and O–H groups in total. The van der Waals surface area contributed by atoms with Crippen LogP contribution in [-0.2, 0) is 0 Å². The molecule has 3 heteroatoms. The van der Waals surface area contributed by atoms with Crippen molar-refractivity contribution in [2.75, 3.05) is 5.32 Å². The van der Waals surface area contributed by atoms with Crippen LogP contribution in [0.1, 0.15) is 41.0 Å². The third-order valence-electron chi connectivity index (χ3n) is 3.60. The lowest BCUT2D eigenvalue weighted by Crippen LogP contribution is -2.11.